The molecule has 2 fully saturated rings. The van der Waals surface area contributed by atoms with Crippen molar-refractivity contribution in [2.24, 2.45) is 11.8 Å². The van der Waals surface area contributed by atoms with Crippen LogP contribution in [-0.2, 0) is 14.3 Å². The van der Waals surface area contributed by atoms with Crippen LogP contribution in [0, 0.1) is 18.8 Å². The quantitative estimate of drug-likeness (QED) is 0.874. The van der Waals surface area contributed by atoms with Gasteiger partial charge in [-0.15, -0.1) is 0 Å². The number of hydrogen-bond acceptors (Lipinski definition) is 5. The summed E-state index contributed by atoms with van der Waals surface area (Å²) in [5.41, 5.74) is 1.50. The Morgan fingerprint density at radius 2 is 1.95 bits per heavy atom. The summed E-state index contributed by atoms with van der Waals surface area (Å²) in [4.78, 5) is 23.9. The monoisotopic (exact) mass is 304 g/mol. The SMILES string of the molecule is COc1ccc(C)cc1NC(=O)[C@H]1[C@@H](C(=O)[O-])[C@@H]2CC[C@H]1O2. The predicted molar refractivity (Wildman–Crippen MR) is 76.2 cm³/mol. The highest BCUT2D eigenvalue weighted by Crippen LogP contribution is 2.44. The Bertz CT molecular complexity index is 615. The lowest BCUT2D eigenvalue weighted by molar-refractivity contribution is -0.313. The van der Waals surface area contributed by atoms with Crippen LogP contribution in [0.4, 0.5) is 5.69 Å². The van der Waals surface area contributed by atoms with Crippen molar-refractivity contribution in [2.75, 3.05) is 12.4 Å². The van der Waals surface area contributed by atoms with Crippen molar-refractivity contribution < 1.29 is 24.2 Å². The maximum atomic E-state index is 12.6. The number of nitrogens with one attached hydrogen (secondary N) is 1. The lowest BCUT2D eigenvalue weighted by Crippen LogP contribution is -2.46. The third-order valence-corrected chi connectivity index (χ3v) is 4.46. The molecule has 0 radical (unpaired) electrons. The van der Waals surface area contributed by atoms with Crippen LogP contribution in [0.15, 0.2) is 18.2 Å². The minimum atomic E-state index is -1.22. The smallest absolute Gasteiger partial charge is 0.230 e. The summed E-state index contributed by atoms with van der Waals surface area (Å²) < 4.78 is 10.8. The number of rotatable bonds is 4. The van der Waals surface area contributed by atoms with E-state index in [4.69, 9.17) is 9.47 Å². The summed E-state index contributed by atoms with van der Waals surface area (Å²) in [7, 11) is 1.52. The first-order valence-electron chi connectivity index (χ1n) is 7.33. The fourth-order valence-corrected chi connectivity index (χ4v) is 3.45. The number of fused-ring (bicyclic) bond motifs is 2. The molecule has 0 aromatic heterocycles. The maximum Gasteiger partial charge on any atom is 0.230 e. The number of methoxy groups -OCH3 is 1. The van der Waals surface area contributed by atoms with Gasteiger partial charge in [-0.25, -0.2) is 0 Å². The number of aryl methyl sites for hydroxylation is 1. The molecule has 0 spiro atoms. The lowest BCUT2D eigenvalue weighted by atomic mass is 9.78. The maximum absolute atomic E-state index is 12.6. The van der Waals surface area contributed by atoms with E-state index in [0.29, 0.717) is 24.3 Å². The van der Waals surface area contributed by atoms with Crippen LogP contribution in [0.1, 0.15) is 18.4 Å². The molecular formula is C16H18NO5-. The highest BCUT2D eigenvalue weighted by atomic mass is 16.5. The number of carbonyl (C=O) groups excluding carboxylic acids is 2. The van der Waals surface area contributed by atoms with Crippen LogP contribution in [0.3, 0.4) is 0 Å². The van der Waals surface area contributed by atoms with E-state index >= 15 is 0 Å². The molecule has 2 bridgehead atoms. The molecular weight excluding hydrogens is 286 g/mol. The summed E-state index contributed by atoms with van der Waals surface area (Å²) >= 11 is 0. The van der Waals surface area contributed by atoms with E-state index in [1.54, 1.807) is 12.1 Å². The van der Waals surface area contributed by atoms with E-state index < -0.39 is 23.9 Å². The molecule has 22 heavy (non-hydrogen) atoms. The predicted octanol–water partition coefficient (Wildman–Crippen LogP) is 0.486. The van der Waals surface area contributed by atoms with Crippen molar-refractivity contribution in [3.63, 3.8) is 0 Å². The zero-order chi connectivity index (χ0) is 15.9. The number of carbonyl (C=O) groups is 2. The van der Waals surface area contributed by atoms with E-state index in [1.807, 2.05) is 13.0 Å². The number of carboxylic acid groups (broad SMARTS) is 1. The van der Waals surface area contributed by atoms with Gasteiger partial charge in [0.2, 0.25) is 5.91 Å². The molecule has 1 amide bonds. The molecule has 0 unspecified atom stereocenters. The molecule has 2 saturated heterocycles. The molecule has 3 rings (SSSR count). The summed E-state index contributed by atoms with van der Waals surface area (Å²) in [5, 5.41) is 14.1. The summed E-state index contributed by atoms with van der Waals surface area (Å²) in [6, 6.07) is 5.43. The van der Waals surface area contributed by atoms with Crippen LogP contribution in [0.25, 0.3) is 0 Å². The van der Waals surface area contributed by atoms with Gasteiger partial charge >= 0.3 is 0 Å². The topological polar surface area (TPSA) is 87.7 Å². The molecule has 2 heterocycles. The molecule has 4 atom stereocenters. The normalized spacial score (nSPS) is 29.4. The molecule has 0 aliphatic carbocycles. The van der Waals surface area contributed by atoms with Crippen LogP contribution < -0.4 is 15.2 Å². The molecule has 1 aromatic rings. The van der Waals surface area contributed by atoms with Gasteiger partial charge in [0.1, 0.15) is 5.75 Å². The Kier molecular flexibility index (Phi) is 3.78. The highest BCUT2D eigenvalue weighted by molar-refractivity contribution is 5.97. The molecule has 2 aliphatic heterocycles. The molecule has 2 aliphatic rings. The Labute approximate surface area is 128 Å². The van der Waals surface area contributed by atoms with Crippen molar-refractivity contribution in [3.05, 3.63) is 23.8 Å². The van der Waals surface area contributed by atoms with Crippen LogP contribution >= 0.6 is 0 Å². The summed E-state index contributed by atoms with van der Waals surface area (Å²) in [5.74, 6) is -2.63. The van der Waals surface area contributed by atoms with Crippen molar-refractivity contribution in [1.29, 1.82) is 0 Å². The molecule has 6 nitrogen and oxygen atoms in total. The van der Waals surface area contributed by atoms with E-state index in [2.05, 4.69) is 5.32 Å². The zero-order valence-corrected chi connectivity index (χ0v) is 12.5. The van der Waals surface area contributed by atoms with Crippen molar-refractivity contribution in [2.45, 2.75) is 32.0 Å². The minimum Gasteiger partial charge on any atom is -0.550 e. The molecule has 6 heteroatoms. The van der Waals surface area contributed by atoms with Crippen molar-refractivity contribution >= 4 is 17.6 Å². The first-order valence-corrected chi connectivity index (χ1v) is 7.33. The number of aliphatic carboxylic acids is 1. The van der Waals surface area contributed by atoms with E-state index in [9.17, 15) is 14.7 Å². The molecule has 118 valence electrons. The summed E-state index contributed by atoms with van der Waals surface area (Å²) in [6.07, 6.45) is 0.618. The number of hydrogen-bond donors (Lipinski definition) is 1. The number of carboxylic acids is 1. The Morgan fingerprint density at radius 1 is 1.27 bits per heavy atom. The average molecular weight is 304 g/mol. The number of ether oxygens (including phenoxy) is 2. The van der Waals surface area contributed by atoms with Crippen molar-refractivity contribution in [3.8, 4) is 5.75 Å². The van der Waals surface area contributed by atoms with Crippen LogP contribution in [0.2, 0.25) is 0 Å². The Balaban J connectivity index is 1.82. The van der Waals surface area contributed by atoms with Gasteiger partial charge in [0.05, 0.1) is 30.9 Å². The first kappa shape index (κ1) is 14.8. The van der Waals surface area contributed by atoms with Crippen molar-refractivity contribution in [1.82, 2.24) is 0 Å². The van der Waals surface area contributed by atoms with Crippen LogP contribution in [0.5, 0.6) is 5.75 Å². The number of benzene rings is 1. The van der Waals surface area contributed by atoms with Gasteiger partial charge < -0.3 is 24.7 Å². The molecule has 1 aromatic carbocycles. The average Bonchev–Trinajstić information content (AvgIpc) is 3.08. The standard InChI is InChI=1S/C16H19NO5/c1-8-3-4-10(21-2)9(7-8)17-15(18)13-11-5-6-12(22-11)14(13)16(19)20/h3-4,7,11-14H,5-6H2,1-2H3,(H,17,18)(H,19,20)/p-1/t11-,12+,13-,14+/m1/s1. The zero-order valence-electron chi connectivity index (χ0n) is 12.5. The second-order valence-corrected chi connectivity index (χ2v) is 5.85. The lowest BCUT2D eigenvalue weighted by Gasteiger charge is -2.27. The minimum absolute atomic E-state index is 0.344. The van der Waals surface area contributed by atoms with E-state index in [-0.39, 0.29) is 12.0 Å². The summed E-state index contributed by atoms with van der Waals surface area (Å²) in [6.45, 7) is 1.90. The third kappa shape index (κ3) is 2.43. The highest BCUT2D eigenvalue weighted by Gasteiger charge is 2.52. The second kappa shape index (κ2) is 5.61. The van der Waals surface area contributed by atoms with Gasteiger partial charge in [0, 0.05) is 11.9 Å². The second-order valence-electron chi connectivity index (χ2n) is 5.85. The molecule has 0 saturated carbocycles. The number of amides is 1. The van der Waals surface area contributed by atoms with Gasteiger partial charge in [-0.1, -0.05) is 6.07 Å². The molecule has 1 N–H and O–H groups in total. The van der Waals surface area contributed by atoms with Gasteiger partial charge in [-0.05, 0) is 37.5 Å². The fraction of sp³-hybridized carbons (Fsp3) is 0.500. The number of anilines is 1. The third-order valence-electron chi connectivity index (χ3n) is 4.46. The van der Waals surface area contributed by atoms with Gasteiger partial charge in [-0.3, -0.25) is 4.79 Å². The van der Waals surface area contributed by atoms with E-state index in [0.717, 1.165) is 5.56 Å². The Hall–Kier alpha value is -2.08. The fourth-order valence-electron chi connectivity index (χ4n) is 3.45. The van der Waals surface area contributed by atoms with Gasteiger partial charge in [0.25, 0.3) is 0 Å². The Morgan fingerprint density at radius 3 is 2.59 bits per heavy atom. The largest absolute Gasteiger partial charge is 0.550 e. The van der Waals surface area contributed by atoms with E-state index in [1.165, 1.54) is 7.11 Å². The van der Waals surface area contributed by atoms with Crippen LogP contribution in [-0.4, -0.2) is 31.2 Å². The van der Waals surface area contributed by atoms with Gasteiger partial charge in [-0.2, -0.15) is 0 Å². The first-order chi connectivity index (χ1) is 10.5. The van der Waals surface area contributed by atoms with Gasteiger partial charge in [0.15, 0.2) is 0 Å².